The van der Waals surface area contributed by atoms with Crippen molar-refractivity contribution in [1.29, 1.82) is 0 Å². The minimum Gasteiger partial charge on any atom is -0.462 e. The van der Waals surface area contributed by atoms with E-state index in [0.717, 1.165) is 16.9 Å². The molecule has 1 aromatic heterocycles. The maximum atomic E-state index is 14.0. The van der Waals surface area contributed by atoms with Crippen LogP contribution in [0.25, 0.3) is 0 Å². The normalized spacial score (nSPS) is 10.5. The second-order valence-corrected chi connectivity index (χ2v) is 7.93. The predicted molar refractivity (Wildman–Crippen MR) is 122 cm³/mol. The van der Waals surface area contributed by atoms with E-state index in [1.807, 2.05) is 30.3 Å². The highest BCUT2D eigenvalue weighted by Gasteiger charge is 2.27. The Bertz CT molecular complexity index is 1130. The van der Waals surface area contributed by atoms with Crippen LogP contribution in [-0.2, 0) is 11.2 Å². The molecule has 3 aromatic rings. The number of amides is 2. The fraction of sp³-hybridized carbons (Fsp3) is 0.208. The second-order valence-electron chi connectivity index (χ2n) is 6.91. The fourth-order valence-electron chi connectivity index (χ4n) is 3.13. The molecular weight excluding hydrogens is 431 g/mol. The van der Waals surface area contributed by atoms with Crippen LogP contribution in [0.5, 0.6) is 0 Å². The summed E-state index contributed by atoms with van der Waals surface area (Å²) in [6.45, 7) is 3.82. The Labute approximate surface area is 189 Å². The van der Waals surface area contributed by atoms with Gasteiger partial charge < -0.3 is 15.4 Å². The van der Waals surface area contributed by atoms with Gasteiger partial charge in [-0.1, -0.05) is 42.5 Å². The van der Waals surface area contributed by atoms with Crippen molar-refractivity contribution in [2.24, 2.45) is 0 Å². The Morgan fingerprint density at radius 1 is 1.00 bits per heavy atom. The van der Waals surface area contributed by atoms with E-state index in [-0.39, 0.29) is 33.5 Å². The number of ether oxygens (including phenoxy) is 1. The molecule has 32 heavy (non-hydrogen) atoms. The molecule has 0 spiro atoms. The van der Waals surface area contributed by atoms with E-state index >= 15 is 0 Å². The van der Waals surface area contributed by atoms with Crippen molar-refractivity contribution in [3.8, 4) is 0 Å². The monoisotopic (exact) mass is 454 g/mol. The number of hydrogen-bond donors (Lipinski definition) is 2. The lowest BCUT2D eigenvalue weighted by molar-refractivity contribution is 0.0527. The van der Waals surface area contributed by atoms with Gasteiger partial charge in [0.15, 0.2) is 0 Å². The zero-order valence-corrected chi connectivity index (χ0v) is 18.6. The van der Waals surface area contributed by atoms with Crippen LogP contribution in [0, 0.1) is 12.7 Å². The molecule has 0 bridgehead atoms. The van der Waals surface area contributed by atoms with Crippen molar-refractivity contribution >= 4 is 34.1 Å². The number of rotatable bonds is 8. The summed E-state index contributed by atoms with van der Waals surface area (Å²) in [5, 5.41) is 5.55. The lowest BCUT2D eigenvalue weighted by Gasteiger charge is -2.07. The number of benzene rings is 2. The largest absolute Gasteiger partial charge is 0.462 e. The number of anilines is 1. The van der Waals surface area contributed by atoms with Crippen molar-refractivity contribution in [3.05, 3.63) is 87.5 Å². The van der Waals surface area contributed by atoms with Crippen molar-refractivity contribution in [3.63, 3.8) is 0 Å². The number of hydrogen-bond acceptors (Lipinski definition) is 5. The first-order chi connectivity index (χ1) is 15.4. The van der Waals surface area contributed by atoms with Crippen LogP contribution in [0.3, 0.4) is 0 Å². The first-order valence-electron chi connectivity index (χ1n) is 10.1. The van der Waals surface area contributed by atoms with E-state index in [9.17, 15) is 18.8 Å². The lowest BCUT2D eigenvalue weighted by Crippen LogP contribution is -2.25. The van der Waals surface area contributed by atoms with Crippen LogP contribution >= 0.6 is 11.3 Å². The average molecular weight is 455 g/mol. The Morgan fingerprint density at radius 3 is 2.38 bits per heavy atom. The van der Waals surface area contributed by atoms with Gasteiger partial charge in [-0.15, -0.1) is 11.3 Å². The summed E-state index contributed by atoms with van der Waals surface area (Å²) in [6, 6.07) is 15.2. The van der Waals surface area contributed by atoms with E-state index in [1.54, 1.807) is 13.8 Å². The highest BCUT2D eigenvalue weighted by atomic mass is 32.1. The first kappa shape index (κ1) is 23.1. The van der Waals surface area contributed by atoms with E-state index in [0.29, 0.717) is 18.5 Å². The molecule has 0 aliphatic heterocycles. The second kappa shape index (κ2) is 10.7. The highest BCUT2D eigenvalue weighted by Crippen LogP contribution is 2.34. The number of carbonyl (C=O) groups excluding carboxylic acids is 3. The third kappa shape index (κ3) is 5.39. The van der Waals surface area contributed by atoms with Crippen LogP contribution < -0.4 is 10.6 Å². The van der Waals surface area contributed by atoms with Gasteiger partial charge >= 0.3 is 5.97 Å². The summed E-state index contributed by atoms with van der Waals surface area (Å²) in [4.78, 5) is 38.2. The Balaban J connectivity index is 1.82. The minimum atomic E-state index is -0.717. The molecule has 0 saturated carbocycles. The topological polar surface area (TPSA) is 84.5 Å². The molecule has 2 aromatic carbocycles. The molecule has 0 aliphatic carbocycles. The summed E-state index contributed by atoms with van der Waals surface area (Å²) >= 11 is 0.956. The minimum absolute atomic E-state index is 0.0924. The van der Waals surface area contributed by atoms with Crippen molar-refractivity contribution in [1.82, 2.24) is 5.32 Å². The summed E-state index contributed by atoms with van der Waals surface area (Å²) in [6.07, 6.45) is 0.651. The molecule has 2 amide bonds. The van der Waals surface area contributed by atoms with Gasteiger partial charge in [-0.2, -0.15) is 0 Å². The van der Waals surface area contributed by atoms with Gasteiger partial charge in [0.05, 0.1) is 22.6 Å². The zero-order valence-electron chi connectivity index (χ0n) is 17.7. The molecule has 1 heterocycles. The average Bonchev–Trinajstić information content (AvgIpc) is 3.10. The maximum absolute atomic E-state index is 14.0. The summed E-state index contributed by atoms with van der Waals surface area (Å²) in [5.41, 5.74) is 1.41. The molecular formula is C24H23FN2O4S. The van der Waals surface area contributed by atoms with Crippen LogP contribution in [0.4, 0.5) is 9.39 Å². The van der Waals surface area contributed by atoms with Gasteiger partial charge in [0.25, 0.3) is 11.8 Å². The molecule has 6 nitrogen and oxygen atoms in total. The van der Waals surface area contributed by atoms with E-state index in [4.69, 9.17) is 4.74 Å². The lowest BCUT2D eigenvalue weighted by atomic mass is 10.1. The van der Waals surface area contributed by atoms with E-state index in [2.05, 4.69) is 10.6 Å². The quantitative estimate of drug-likeness (QED) is 0.488. The molecule has 2 N–H and O–H groups in total. The molecule has 3 rings (SSSR count). The Kier molecular flexibility index (Phi) is 7.72. The van der Waals surface area contributed by atoms with Gasteiger partial charge in [-0.25, -0.2) is 9.18 Å². The fourth-order valence-corrected chi connectivity index (χ4v) is 4.23. The van der Waals surface area contributed by atoms with Crippen LogP contribution in [-0.4, -0.2) is 30.9 Å². The molecule has 0 fully saturated rings. The van der Waals surface area contributed by atoms with Gasteiger partial charge in [-0.05, 0) is 43.5 Å². The standard InChI is InChI=1S/C24H23FN2O4S/c1-3-31-24(30)19-15(2)20(22(29)26-14-13-16-9-5-4-6-10-16)32-23(19)27-21(28)17-11-7-8-12-18(17)25/h4-12H,3,13-14H2,1-2H3,(H,26,29)(H,27,28). The Hall–Kier alpha value is -3.52. The number of carbonyl (C=O) groups is 3. The van der Waals surface area contributed by atoms with Crippen molar-refractivity contribution in [2.45, 2.75) is 20.3 Å². The van der Waals surface area contributed by atoms with Crippen molar-refractivity contribution < 1.29 is 23.5 Å². The number of esters is 1. The SMILES string of the molecule is CCOC(=O)c1c(NC(=O)c2ccccc2F)sc(C(=O)NCCc2ccccc2)c1C. The van der Waals surface area contributed by atoms with E-state index < -0.39 is 17.7 Å². The maximum Gasteiger partial charge on any atom is 0.341 e. The number of halogens is 1. The van der Waals surface area contributed by atoms with Gasteiger partial charge in [0.1, 0.15) is 10.8 Å². The predicted octanol–water partition coefficient (Wildman–Crippen LogP) is 4.60. The third-order valence-electron chi connectivity index (χ3n) is 4.72. The molecule has 0 saturated heterocycles. The highest BCUT2D eigenvalue weighted by molar-refractivity contribution is 7.18. The number of thiophene rings is 1. The molecule has 166 valence electrons. The Morgan fingerprint density at radius 2 is 1.69 bits per heavy atom. The third-order valence-corrected chi connectivity index (χ3v) is 5.93. The first-order valence-corrected chi connectivity index (χ1v) is 10.9. The molecule has 0 unspecified atom stereocenters. The summed E-state index contributed by atoms with van der Waals surface area (Å²) in [7, 11) is 0. The number of nitrogens with one attached hydrogen (secondary N) is 2. The van der Waals surface area contributed by atoms with Gasteiger partial charge in [0, 0.05) is 6.54 Å². The molecule has 8 heteroatoms. The van der Waals surface area contributed by atoms with Crippen LogP contribution in [0.15, 0.2) is 54.6 Å². The molecule has 0 aliphatic rings. The summed E-state index contributed by atoms with van der Waals surface area (Å²) in [5.74, 6) is -2.42. The molecule has 0 atom stereocenters. The van der Waals surface area contributed by atoms with E-state index in [1.165, 1.54) is 24.3 Å². The molecule has 0 radical (unpaired) electrons. The van der Waals surface area contributed by atoms with Gasteiger partial charge in [0.2, 0.25) is 0 Å². The smallest absolute Gasteiger partial charge is 0.341 e. The zero-order chi connectivity index (χ0) is 23.1. The van der Waals surface area contributed by atoms with Gasteiger partial charge in [-0.3, -0.25) is 9.59 Å². The summed E-state index contributed by atoms with van der Waals surface area (Å²) < 4.78 is 19.1. The van der Waals surface area contributed by atoms with Crippen LogP contribution in [0.1, 0.15) is 48.4 Å². The van der Waals surface area contributed by atoms with Crippen LogP contribution in [0.2, 0.25) is 0 Å². The van der Waals surface area contributed by atoms with Crippen molar-refractivity contribution in [2.75, 3.05) is 18.5 Å².